The first kappa shape index (κ1) is 8.25. The Morgan fingerprint density at radius 2 is 2.54 bits per heavy atom. The maximum atomic E-state index is 10.7. The van der Waals surface area contributed by atoms with E-state index in [1.54, 1.807) is 6.33 Å². The summed E-state index contributed by atoms with van der Waals surface area (Å²) < 4.78 is 0. The summed E-state index contributed by atoms with van der Waals surface area (Å²) in [6, 6.07) is -0.487. The zero-order valence-corrected chi connectivity index (χ0v) is 7.24. The molecule has 2 rings (SSSR count). The number of rotatable bonds is 1. The molecule has 5 heteroatoms. The molecule has 1 aromatic rings. The number of aromatic nitrogens is 2. The van der Waals surface area contributed by atoms with Gasteiger partial charge in [-0.2, -0.15) is 0 Å². The predicted octanol–water partition coefficient (Wildman–Crippen LogP) is 0.0696. The SMILES string of the molecule is C[C@H]1N[C@H](C(=O)O)Cc2[nH]cnc21. The molecule has 1 aliphatic heterocycles. The maximum absolute atomic E-state index is 10.7. The first-order valence-electron chi connectivity index (χ1n) is 4.19. The van der Waals surface area contributed by atoms with Gasteiger partial charge in [-0.15, -0.1) is 0 Å². The lowest BCUT2D eigenvalue weighted by molar-refractivity contribution is -0.139. The molecule has 1 aromatic heterocycles. The van der Waals surface area contributed by atoms with E-state index in [0.29, 0.717) is 6.42 Å². The number of aliphatic carboxylic acids is 1. The van der Waals surface area contributed by atoms with Crippen molar-refractivity contribution in [1.82, 2.24) is 15.3 Å². The lowest BCUT2D eigenvalue weighted by Gasteiger charge is -2.24. The molecule has 2 atom stereocenters. The maximum Gasteiger partial charge on any atom is 0.321 e. The van der Waals surface area contributed by atoms with Gasteiger partial charge in [0.1, 0.15) is 6.04 Å². The second-order valence-electron chi connectivity index (χ2n) is 3.25. The standard InChI is InChI=1S/C8H11N3O2/c1-4-7-5(9-3-10-7)2-6(11-4)8(12)13/h3-4,6,11H,2H2,1H3,(H,9,10)(H,12,13)/t4-,6+/m1/s1. The van der Waals surface area contributed by atoms with Crippen LogP contribution in [-0.4, -0.2) is 27.1 Å². The lowest BCUT2D eigenvalue weighted by atomic mass is 10.0. The quantitative estimate of drug-likeness (QED) is 0.573. The first-order valence-corrected chi connectivity index (χ1v) is 4.19. The van der Waals surface area contributed by atoms with Crippen LogP contribution in [0.5, 0.6) is 0 Å². The minimum Gasteiger partial charge on any atom is -0.480 e. The normalized spacial score (nSPS) is 26.8. The average Bonchev–Trinajstić information content (AvgIpc) is 2.51. The van der Waals surface area contributed by atoms with Crippen molar-refractivity contribution < 1.29 is 9.90 Å². The van der Waals surface area contributed by atoms with Crippen molar-refractivity contribution in [1.29, 1.82) is 0 Å². The van der Waals surface area contributed by atoms with E-state index in [4.69, 9.17) is 5.11 Å². The predicted molar refractivity (Wildman–Crippen MR) is 45.3 cm³/mol. The number of nitrogens with zero attached hydrogens (tertiary/aromatic N) is 1. The van der Waals surface area contributed by atoms with Gasteiger partial charge in [0.05, 0.1) is 12.0 Å². The highest BCUT2D eigenvalue weighted by molar-refractivity contribution is 5.74. The molecule has 1 aliphatic rings. The van der Waals surface area contributed by atoms with Crippen LogP contribution in [0.2, 0.25) is 0 Å². The van der Waals surface area contributed by atoms with Crippen molar-refractivity contribution >= 4 is 5.97 Å². The largest absolute Gasteiger partial charge is 0.480 e. The highest BCUT2D eigenvalue weighted by atomic mass is 16.4. The Bertz CT molecular complexity index is 334. The third-order valence-corrected chi connectivity index (χ3v) is 2.32. The molecule has 5 nitrogen and oxygen atoms in total. The van der Waals surface area contributed by atoms with Crippen LogP contribution in [0.4, 0.5) is 0 Å². The highest BCUT2D eigenvalue weighted by Crippen LogP contribution is 2.21. The molecule has 0 saturated heterocycles. The molecule has 0 unspecified atom stereocenters. The van der Waals surface area contributed by atoms with Crippen LogP contribution in [0.15, 0.2) is 6.33 Å². The third kappa shape index (κ3) is 1.31. The van der Waals surface area contributed by atoms with Crippen molar-refractivity contribution in [2.45, 2.75) is 25.4 Å². The molecule has 0 spiro atoms. The molecule has 0 bridgehead atoms. The minimum absolute atomic E-state index is 0.0103. The van der Waals surface area contributed by atoms with Crippen molar-refractivity contribution in [2.75, 3.05) is 0 Å². The summed E-state index contributed by atoms with van der Waals surface area (Å²) in [6.45, 7) is 1.91. The summed E-state index contributed by atoms with van der Waals surface area (Å²) >= 11 is 0. The number of hydrogen-bond acceptors (Lipinski definition) is 3. The summed E-state index contributed by atoms with van der Waals surface area (Å²) in [7, 11) is 0. The number of nitrogens with one attached hydrogen (secondary N) is 2. The second-order valence-corrected chi connectivity index (χ2v) is 3.25. The van der Waals surface area contributed by atoms with E-state index in [-0.39, 0.29) is 6.04 Å². The number of H-pyrrole nitrogens is 1. The van der Waals surface area contributed by atoms with Gasteiger partial charge in [0, 0.05) is 18.2 Å². The molecule has 2 heterocycles. The molecule has 0 fully saturated rings. The Morgan fingerprint density at radius 1 is 1.77 bits per heavy atom. The molecule has 0 radical (unpaired) electrons. The molecule has 0 amide bonds. The van der Waals surface area contributed by atoms with E-state index < -0.39 is 12.0 Å². The smallest absolute Gasteiger partial charge is 0.321 e. The van der Waals surface area contributed by atoms with Gasteiger partial charge >= 0.3 is 5.97 Å². The highest BCUT2D eigenvalue weighted by Gasteiger charge is 2.29. The summed E-state index contributed by atoms with van der Waals surface area (Å²) in [5.41, 5.74) is 1.86. The number of fused-ring (bicyclic) bond motifs is 1. The van der Waals surface area contributed by atoms with E-state index in [1.807, 2.05) is 6.92 Å². The molecule has 0 saturated carbocycles. The van der Waals surface area contributed by atoms with E-state index >= 15 is 0 Å². The fourth-order valence-electron chi connectivity index (χ4n) is 1.67. The van der Waals surface area contributed by atoms with Crippen LogP contribution < -0.4 is 5.32 Å². The van der Waals surface area contributed by atoms with Gasteiger partial charge in [0.15, 0.2) is 0 Å². The molecule has 0 aliphatic carbocycles. The molecule has 13 heavy (non-hydrogen) atoms. The van der Waals surface area contributed by atoms with Crippen LogP contribution >= 0.6 is 0 Å². The van der Waals surface area contributed by atoms with Crippen LogP contribution in [0.25, 0.3) is 0 Å². The van der Waals surface area contributed by atoms with Crippen LogP contribution in [0.1, 0.15) is 24.4 Å². The fraction of sp³-hybridized carbons (Fsp3) is 0.500. The molecule has 3 N–H and O–H groups in total. The minimum atomic E-state index is -0.813. The van der Waals surface area contributed by atoms with Gasteiger partial charge in [-0.1, -0.05) is 0 Å². The van der Waals surface area contributed by atoms with Gasteiger partial charge < -0.3 is 10.1 Å². The average molecular weight is 181 g/mol. The fourth-order valence-corrected chi connectivity index (χ4v) is 1.67. The van der Waals surface area contributed by atoms with Crippen molar-refractivity contribution in [2.24, 2.45) is 0 Å². The van der Waals surface area contributed by atoms with Crippen molar-refractivity contribution in [3.8, 4) is 0 Å². The monoisotopic (exact) mass is 181 g/mol. The Hall–Kier alpha value is -1.36. The summed E-state index contributed by atoms with van der Waals surface area (Å²) in [4.78, 5) is 17.8. The van der Waals surface area contributed by atoms with Gasteiger partial charge in [0.25, 0.3) is 0 Å². The van der Waals surface area contributed by atoms with E-state index in [2.05, 4.69) is 15.3 Å². The zero-order valence-electron chi connectivity index (χ0n) is 7.24. The number of aromatic amines is 1. The zero-order chi connectivity index (χ0) is 9.42. The Labute approximate surface area is 75.2 Å². The first-order chi connectivity index (χ1) is 6.18. The van der Waals surface area contributed by atoms with Gasteiger partial charge in [-0.05, 0) is 6.92 Å². The molecular weight excluding hydrogens is 170 g/mol. The van der Waals surface area contributed by atoms with Crippen LogP contribution in [0.3, 0.4) is 0 Å². The number of imidazole rings is 1. The number of carboxylic acids is 1. The van der Waals surface area contributed by atoms with Crippen molar-refractivity contribution in [3.63, 3.8) is 0 Å². The lowest BCUT2D eigenvalue weighted by Crippen LogP contribution is -2.43. The van der Waals surface area contributed by atoms with Crippen LogP contribution in [-0.2, 0) is 11.2 Å². The summed E-state index contributed by atoms with van der Waals surface area (Å²) in [5, 5.41) is 11.8. The van der Waals surface area contributed by atoms with Gasteiger partial charge in [-0.3, -0.25) is 10.1 Å². The second kappa shape index (κ2) is 2.85. The van der Waals surface area contributed by atoms with E-state index in [9.17, 15) is 4.79 Å². The van der Waals surface area contributed by atoms with Crippen molar-refractivity contribution in [3.05, 3.63) is 17.7 Å². The Morgan fingerprint density at radius 3 is 3.23 bits per heavy atom. The molecule has 0 aromatic carbocycles. The molecular formula is C8H11N3O2. The number of hydrogen-bond donors (Lipinski definition) is 3. The van der Waals surface area contributed by atoms with E-state index in [0.717, 1.165) is 11.4 Å². The summed E-state index contributed by atoms with van der Waals surface area (Å²) in [6.07, 6.45) is 2.09. The number of carbonyl (C=O) groups is 1. The van der Waals surface area contributed by atoms with Gasteiger partial charge in [-0.25, -0.2) is 4.98 Å². The Kier molecular flexibility index (Phi) is 1.81. The molecule has 70 valence electrons. The topological polar surface area (TPSA) is 78.0 Å². The number of carboxylic acid groups (broad SMARTS) is 1. The van der Waals surface area contributed by atoms with Gasteiger partial charge in [0.2, 0.25) is 0 Å². The third-order valence-electron chi connectivity index (χ3n) is 2.32. The summed E-state index contributed by atoms with van der Waals surface area (Å²) in [5.74, 6) is -0.813. The van der Waals surface area contributed by atoms with E-state index in [1.165, 1.54) is 0 Å². The van der Waals surface area contributed by atoms with Crippen LogP contribution in [0, 0.1) is 0 Å². The Balaban J connectivity index is 2.28.